The highest BCUT2D eigenvalue weighted by Gasteiger charge is 2.37. The molecule has 0 aromatic heterocycles. The van der Waals surface area contributed by atoms with Gasteiger partial charge in [-0.1, -0.05) is 0 Å². The SMILES string of the molecule is Nc1ccc(SC2CS(=O)(=O)CC2O)c(Br)c1. The molecule has 7 heteroatoms. The van der Waals surface area contributed by atoms with Crippen molar-refractivity contribution in [2.75, 3.05) is 17.2 Å². The lowest BCUT2D eigenvalue weighted by atomic mass is 10.3. The number of nitrogens with two attached hydrogens (primary N) is 1. The van der Waals surface area contributed by atoms with Gasteiger partial charge >= 0.3 is 0 Å². The van der Waals surface area contributed by atoms with Gasteiger partial charge in [-0.05, 0) is 34.1 Å². The fraction of sp³-hybridized carbons (Fsp3) is 0.400. The highest BCUT2D eigenvalue weighted by atomic mass is 79.9. The number of halogens is 1. The quantitative estimate of drug-likeness (QED) is 0.794. The molecule has 1 aliphatic rings. The number of nitrogen functional groups attached to an aromatic ring is 1. The zero-order chi connectivity index (χ0) is 12.6. The Morgan fingerprint density at radius 1 is 1.41 bits per heavy atom. The van der Waals surface area contributed by atoms with Crippen molar-refractivity contribution in [1.82, 2.24) is 0 Å². The van der Waals surface area contributed by atoms with Crippen LogP contribution in [-0.2, 0) is 9.84 Å². The van der Waals surface area contributed by atoms with Crippen LogP contribution in [0, 0.1) is 0 Å². The first-order chi connectivity index (χ1) is 7.87. The number of aliphatic hydroxyl groups is 1. The molecule has 0 amide bonds. The van der Waals surface area contributed by atoms with E-state index in [-0.39, 0.29) is 16.8 Å². The summed E-state index contributed by atoms with van der Waals surface area (Å²) in [6.45, 7) is 0. The summed E-state index contributed by atoms with van der Waals surface area (Å²) in [6.07, 6.45) is -0.797. The number of benzene rings is 1. The molecular weight excluding hydrogens is 326 g/mol. The normalized spacial score (nSPS) is 27.2. The molecule has 94 valence electrons. The van der Waals surface area contributed by atoms with Crippen molar-refractivity contribution in [3.8, 4) is 0 Å². The van der Waals surface area contributed by atoms with Gasteiger partial charge in [-0.2, -0.15) is 0 Å². The summed E-state index contributed by atoms with van der Waals surface area (Å²) in [4.78, 5) is 0.889. The maximum atomic E-state index is 11.4. The first kappa shape index (κ1) is 13.2. The van der Waals surface area contributed by atoms with Gasteiger partial charge in [0.1, 0.15) is 0 Å². The van der Waals surface area contributed by atoms with E-state index in [1.54, 1.807) is 12.1 Å². The zero-order valence-electron chi connectivity index (χ0n) is 8.84. The Hall–Kier alpha value is -0.240. The average molecular weight is 338 g/mol. The van der Waals surface area contributed by atoms with Gasteiger partial charge in [-0.15, -0.1) is 11.8 Å². The van der Waals surface area contributed by atoms with E-state index < -0.39 is 15.9 Å². The van der Waals surface area contributed by atoms with Crippen LogP contribution in [0.2, 0.25) is 0 Å². The second kappa shape index (κ2) is 4.79. The minimum atomic E-state index is -3.10. The number of hydrogen-bond donors (Lipinski definition) is 2. The summed E-state index contributed by atoms with van der Waals surface area (Å²) in [6, 6.07) is 5.34. The predicted octanol–water partition coefficient (Wildman–Crippen LogP) is 1.28. The van der Waals surface area contributed by atoms with E-state index in [2.05, 4.69) is 15.9 Å². The van der Waals surface area contributed by atoms with Crippen molar-refractivity contribution in [2.45, 2.75) is 16.2 Å². The lowest BCUT2D eigenvalue weighted by molar-refractivity contribution is 0.207. The number of rotatable bonds is 2. The number of thioether (sulfide) groups is 1. The van der Waals surface area contributed by atoms with Crippen molar-refractivity contribution >= 4 is 43.2 Å². The van der Waals surface area contributed by atoms with Crippen molar-refractivity contribution in [3.05, 3.63) is 22.7 Å². The van der Waals surface area contributed by atoms with Crippen LogP contribution in [0.25, 0.3) is 0 Å². The molecule has 1 aromatic rings. The van der Waals surface area contributed by atoms with E-state index in [1.165, 1.54) is 11.8 Å². The average Bonchev–Trinajstić information content (AvgIpc) is 2.44. The van der Waals surface area contributed by atoms with Crippen LogP contribution in [0.1, 0.15) is 0 Å². The summed E-state index contributed by atoms with van der Waals surface area (Å²) < 4.78 is 23.6. The van der Waals surface area contributed by atoms with E-state index in [1.807, 2.05) is 6.07 Å². The van der Waals surface area contributed by atoms with Crippen LogP contribution < -0.4 is 5.73 Å². The first-order valence-corrected chi connectivity index (χ1v) is 8.47. The molecule has 2 unspecified atom stereocenters. The molecule has 0 bridgehead atoms. The van der Waals surface area contributed by atoms with Gasteiger partial charge in [0.15, 0.2) is 9.84 Å². The van der Waals surface area contributed by atoms with Gasteiger partial charge in [-0.25, -0.2) is 8.42 Å². The van der Waals surface area contributed by atoms with E-state index in [0.29, 0.717) is 5.69 Å². The molecule has 1 saturated heterocycles. The maximum absolute atomic E-state index is 11.4. The highest BCUT2D eigenvalue weighted by Crippen LogP contribution is 2.36. The molecule has 1 heterocycles. The van der Waals surface area contributed by atoms with Crippen molar-refractivity contribution in [3.63, 3.8) is 0 Å². The number of anilines is 1. The van der Waals surface area contributed by atoms with Gasteiger partial charge in [-0.3, -0.25) is 0 Å². The summed E-state index contributed by atoms with van der Waals surface area (Å²) in [5.41, 5.74) is 6.26. The Morgan fingerprint density at radius 3 is 2.65 bits per heavy atom. The second-order valence-electron chi connectivity index (χ2n) is 3.99. The second-order valence-corrected chi connectivity index (χ2v) is 8.28. The van der Waals surface area contributed by atoms with E-state index in [4.69, 9.17) is 5.73 Å². The molecule has 1 aromatic carbocycles. The van der Waals surface area contributed by atoms with Crippen LogP contribution in [0.15, 0.2) is 27.6 Å². The van der Waals surface area contributed by atoms with Gasteiger partial charge in [0.25, 0.3) is 0 Å². The molecule has 0 saturated carbocycles. The van der Waals surface area contributed by atoms with E-state index in [9.17, 15) is 13.5 Å². The molecule has 1 fully saturated rings. The summed E-state index contributed by atoms with van der Waals surface area (Å²) in [5.74, 6) is -0.118. The third-order valence-corrected chi connectivity index (χ3v) is 6.75. The van der Waals surface area contributed by atoms with Crippen molar-refractivity contribution < 1.29 is 13.5 Å². The molecule has 2 atom stereocenters. The van der Waals surface area contributed by atoms with Gasteiger partial charge in [0, 0.05) is 15.1 Å². The van der Waals surface area contributed by atoms with Gasteiger partial charge in [0.2, 0.25) is 0 Å². The van der Waals surface area contributed by atoms with Crippen molar-refractivity contribution in [1.29, 1.82) is 0 Å². The molecule has 0 spiro atoms. The molecular formula is C10H12BrNO3S2. The lowest BCUT2D eigenvalue weighted by Gasteiger charge is -2.13. The van der Waals surface area contributed by atoms with Crippen LogP contribution in [0.5, 0.6) is 0 Å². The Labute approximate surface area is 113 Å². The van der Waals surface area contributed by atoms with Crippen LogP contribution in [-0.4, -0.2) is 36.4 Å². The first-order valence-electron chi connectivity index (χ1n) is 4.97. The molecule has 2 rings (SSSR count). The Balaban J connectivity index is 2.17. The van der Waals surface area contributed by atoms with Gasteiger partial charge < -0.3 is 10.8 Å². The molecule has 3 N–H and O–H groups in total. The number of sulfone groups is 1. The highest BCUT2D eigenvalue weighted by molar-refractivity contribution is 9.10. The summed E-state index contributed by atoms with van der Waals surface area (Å²) in [5, 5.41) is 9.39. The van der Waals surface area contributed by atoms with Gasteiger partial charge in [0.05, 0.1) is 22.9 Å². The topological polar surface area (TPSA) is 80.4 Å². The van der Waals surface area contributed by atoms with Crippen LogP contribution in [0.4, 0.5) is 5.69 Å². The third kappa shape index (κ3) is 3.15. The predicted molar refractivity (Wildman–Crippen MR) is 72.9 cm³/mol. The Bertz CT molecular complexity index is 532. The van der Waals surface area contributed by atoms with E-state index in [0.717, 1.165) is 9.37 Å². The van der Waals surface area contributed by atoms with Crippen LogP contribution >= 0.6 is 27.7 Å². The van der Waals surface area contributed by atoms with Crippen molar-refractivity contribution in [2.24, 2.45) is 0 Å². The summed E-state index contributed by atoms with van der Waals surface area (Å²) in [7, 11) is -3.10. The third-order valence-electron chi connectivity index (χ3n) is 2.51. The fourth-order valence-corrected chi connectivity index (χ4v) is 5.89. The molecule has 17 heavy (non-hydrogen) atoms. The minimum Gasteiger partial charge on any atom is -0.399 e. The maximum Gasteiger partial charge on any atom is 0.154 e. The molecule has 0 aliphatic carbocycles. The standard InChI is InChI=1S/C10H12BrNO3S2/c11-7-3-6(12)1-2-9(7)16-10-5-17(14,15)4-8(10)13/h1-3,8,10,13H,4-5,12H2. The smallest absolute Gasteiger partial charge is 0.154 e. The largest absolute Gasteiger partial charge is 0.399 e. The number of aliphatic hydroxyl groups excluding tert-OH is 1. The minimum absolute atomic E-state index is 0.0235. The van der Waals surface area contributed by atoms with E-state index >= 15 is 0 Å². The van der Waals surface area contributed by atoms with Crippen LogP contribution in [0.3, 0.4) is 0 Å². The molecule has 1 aliphatic heterocycles. The monoisotopic (exact) mass is 337 g/mol. The lowest BCUT2D eigenvalue weighted by Crippen LogP contribution is -2.19. The summed E-state index contributed by atoms with van der Waals surface area (Å²) >= 11 is 4.74. The molecule has 4 nitrogen and oxygen atoms in total. The fourth-order valence-electron chi connectivity index (χ4n) is 1.69. The Kier molecular flexibility index (Phi) is 3.72. The zero-order valence-corrected chi connectivity index (χ0v) is 12.1. The Morgan fingerprint density at radius 2 is 2.12 bits per heavy atom. The number of hydrogen-bond acceptors (Lipinski definition) is 5. The molecule has 0 radical (unpaired) electrons.